The number of carbonyl (C=O) groups is 3. The van der Waals surface area contributed by atoms with Crippen molar-refractivity contribution in [1.29, 1.82) is 0 Å². The highest BCUT2D eigenvalue weighted by Gasteiger charge is 2.35. The molecule has 1 N–H and O–H groups in total. The SMILES string of the molecule is COCCOCC(COCCCNC(=O)CCN1C(=O)CC(C)C1=O)OCCOC. The number of rotatable bonds is 18. The molecule has 0 radical (unpaired) electrons. The molecule has 1 rings (SSSR count). The second-order valence-electron chi connectivity index (χ2n) is 7.07. The number of nitrogens with one attached hydrogen (secondary N) is 1. The van der Waals surface area contributed by atoms with Gasteiger partial charge in [0.25, 0.3) is 0 Å². The first-order valence-corrected chi connectivity index (χ1v) is 10.4. The Morgan fingerprint density at radius 2 is 1.73 bits per heavy atom. The Balaban J connectivity index is 2.11. The van der Waals surface area contributed by atoms with Gasteiger partial charge in [0, 0.05) is 52.7 Å². The molecule has 30 heavy (non-hydrogen) atoms. The van der Waals surface area contributed by atoms with Crippen LogP contribution in [-0.4, -0.2) is 102 Å². The van der Waals surface area contributed by atoms with Crippen LogP contribution in [0.15, 0.2) is 0 Å². The van der Waals surface area contributed by atoms with E-state index in [0.717, 1.165) is 0 Å². The Labute approximate surface area is 178 Å². The summed E-state index contributed by atoms with van der Waals surface area (Å²) < 4.78 is 26.7. The highest BCUT2D eigenvalue weighted by Crippen LogP contribution is 2.18. The molecule has 2 atom stereocenters. The van der Waals surface area contributed by atoms with E-state index in [1.54, 1.807) is 21.1 Å². The maximum Gasteiger partial charge on any atom is 0.232 e. The Morgan fingerprint density at radius 1 is 1.07 bits per heavy atom. The number of hydrogen-bond donors (Lipinski definition) is 1. The minimum Gasteiger partial charge on any atom is -0.382 e. The summed E-state index contributed by atoms with van der Waals surface area (Å²) in [5, 5.41) is 2.77. The van der Waals surface area contributed by atoms with Gasteiger partial charge in [-0.15, -0.1) is 0 Å². The fourth-order valence-electron chi connectivity index (χ4n) is 2.80. The van der Waals surface area contributed by atoms with Gasteiger partial charge in [-0.2, -0.15) is 0 Å². The van der Waals surface area contributed by atoms with E-state index in [9.17, 15) is 14.4 Å². The average Bonchev–Trinajstić information content (AvgIpc) is 2.97. The molecule has 1 saturated heterocycles. The number of carbonyl (C=O) groups excluding carboxylic acids is 3. The van der Waals surface area contributed by atoms with Crippen LogP contribution in [0.1, 0.15) is 26.2 Å². The molecule has 0 aromatic heterocycles. The fraction of sp³-hybridized carbons (Fsp3) is 0.850. The predicted octanol–water partition coefficient (Wildman–Crippen LogP) is -0.0110. The van der Waals surface area contributed by atoms with E-state index in [1.165, 1.54) is 4.90 Å². The third-order valence-electron chi connectivity index (χ3n) is 4.50. The molecule has 3 amide bonds. The first-order chi connectivity index (χ1) is 14.5. The summed E-state index contributed by atoms with van der Waals surface area (Å²) in [6.45, 7) is 5.50. The average molecular weight is 433 g/mol. The lowest BCUT2D eigenvalue weighted by atomic mass is 10.1. The van der Waals surface area contributed by atoms with Crippen molar-refractivity contribution < 1.29 is 38.1 Å². The standard InChI is InChI=1S/C20H36N2O8/c1-16-13-19(24)22(20(16)25)7-5-18(23)21-6-4-8-28-14-17(30-12-10-27-3)15-29-11-9-26-2/h16-17H,4-15H2,1-3H3,(H,21,23). The zero-order chi connectivity index (χ0) is 22.2. The summed E-state index contributed by atoms with van der Waals surface area (Å²) in [6, 6.07) is 0. The van der Waals surface area contributed by atoms with E-state index in [-0.39, 0.29) is 49.1 Å². The second-order valence-corrected chi connectivity index (χ2v) is 7.07. The molecule has 0 saturated carbocycles. The van der Waals surface area contributed by atoms with Crippen molar-refractivity contribution in [3.63, 3.8) is 0 Å². The number of hydrogen-bond acceptors (Lipinski definition) is 8. The summed E-state index contributed by atoms with van der Waals surface area (Å²) in [4.78, 5) is 36.6. The van der Waals surface area contributed by atoms with E-state index in [4.69, 9.17) is 23.7 Å². The Morgan fingerprint density at radius 3 is 2.37 bits per heavy atom. The van der Waals surface area contributed by atoms with Gasteiger partial charge in [0.2, 0.25) is 17.7 Å². The number of likely N-dealkylation sites (tertiary alicyclic amines) is 1. The number of methoxy groups -OCH3 is 2. The largest absolute Gasteiger partial charge is 0.382 e. The maximum atomic E-state index is 11.9. The smallest absolute Gasteiger partial charge is 0.232 e. The molecule has 1 aliphatic heterocycles. The van der Waals surface area contributed by atoms with Crippen LogP contribution in [0.4, 0.5) is 0 Å². The van der Waals surface area contributed by atoms with Gasteiger partial charge < -0.3 is 29.0 Å². The molecule has 2 unspecified atom stereocenters. The summed E-state index contributed by atoms with van der Waals surface area (Å²) in [7, 11) is 3.23. The lowest BCUT2D eigenvalue weighted by Crippen LogP contribution is -2.35. The van der Waals surface area contributed by atoms with Crippen LogP contribution in [-0.2, 0) is 38.1 Å². The summed E-state index contributed by atoms with van der Waals surface area (Å²) in [5.41, 5.74) is 0. The summed E-state index contributed by atoms with van der Waals surface area (Å²) in [6.07, 6.45) is 0.772. The van der Waals surface area contributed by atoms with Crippen molar-refractivity contribution in [3.8, 4) is 0 Å². The zero-order valence-electron chi connectivity index (χ0n) is 18.4. The normalized spacial score (nSPS) is 17.6. The molecular formula is C20H36N2O8. The van der Waals surface area contributed by atoms with Gasteiger partial charge in [-0.25, -0.2) is 0 Å². The van der Waals surface area contributed by atoms with Gasteiger partial charge in [-0.05, 0) is 6.42 Å². The second kappa shape index (κ2) is 16.1. The van der Waals surface area contributed by atoms with Crippen LogP contribution >= 0.6 is 0 Å². The number of nitrogens with zero attached hydrogens (tertiary/aromatic N) is 1. The van der Waals surface area contributed by atoms with E-state index < -0.39 is 0 Å². The highest BCUT2D eigenvalue weighted by molar-refractivity contribution is 6.03. The zero-order valence-corrected chi connectivity index (χ0v) is 18.4. The summed E-state index contributed by atoms with van der Waals surface area (Å²) >= 11 is 0. The van der Waals surface area contributed by atoms with E-state index in [2.05, 4.69) is 5.32 Å². The Bertz CT molecular complexity index is 517. The lowest BCUT2D eigenvalue weighted by Gasteiger charge is -2.18. The van der Waals surface area contributed by atoms with Crippen molar-refractivity contribution in [2.24, 2.45) is 5.92 Å². The molecule has 10 heteroatoms. The molecule has 0 aromatic carbocycles. The van der Waals surface area contributed by atoms with Gasteiger partial charge >= 0.3 is 0 Å². The number of ether oxygens (including phenoxy) is 5. The molecular weight excluding hydrogens is 396 g/mol. The molecule has 1 aliphatic rings. The van der Waals surface area contributed by atoms with Crippen LogP contribution < -0.4 is 5.32 Å². The van der Waals surface area contributed by atoms with Gasteiger partial charge in [-0.1, -0.05) is 6.92 Å². The molecule has 0 spiro atoms. The van der Waals surface area contributed by atoms with Gasteiger partial charge in [0.15, 0.2) is 0 Å². The van der Waals surface area contributed by atoms with Gasteiger partial charge in [-0.3, -0.25) is 19.3 Å². The van der Waals surface area contributed by atoms with E-state index in [1.807, 2.05) is 0 Å². The van der Waals surface area contributed by atoms with Crippen LogP contribution in [0.5, 0.6) is 0 Å². The van der Waals surface area contributed by atoms with Gasteiger partial charge in [0.05, 0.1) is 39.6 Å². The third kappa shape index (κ3) is 11.0. The third-order valence-corrected chi connectivity index (χ3v) is 4.50. The van der Waals surface area contributed by atoms with Crippen molar-refractivity contribution in [2.45, 2.75) is 32.3 Å². The molecule has 0 bridgehead atoms. The van der Waals surface area contributed by atoms with Crippen molar-refractivity contribution >= 4 is 17.7 Å². The monoisotopic (exact) mass is 432 g/mol. The molecule has 0 aromatic rings. The molecule has 10 nitrogen and oxygen atoms in total. The number of imide groups is 1. The first kappa shape index (κ1) is 26.4. The van der Waals surface area contributed by atoms with Gasteiger partial charge in [0.1, 0.15) is 6.10 Å². The van der Waals surface area contributed by atoms with Crippen LogP contribution in [0.3, 0.4) is 0 Å². The van der Waals surface area contributed by atoms with Crippen molar-refractivity contribution in [1.82, 2.24) is 10.2 Å². The molecule has 1 heterocycles. The van der Waals surface area contributed by atoms with Crippen molar-refractivity contribution in [3.05, 3.63) is 0 Å². The fourth-order valence-corrected chi connectivity index (χ4v) is 2.80. The topological polar surface area (TPSA) is 113 Å². The molecule has 174 valence electrons. The van der Waals surface area contributed by atoms with Crippen LogP contribution in [0.2, 0.25) is 0 Å². The summed E-state index contributed by atoms with van der Waals surface area (Å²) in [5.74, 6) is -0.885. The lowest BCUT2D eigenvalue weighted by molar-refractivity contribution is -0.139. The highest BCUT2D eigenvalue weighted by atomic mass is 16.6. The Kier molecular flexibility index (Phi) is 14.2. The minimum atomic E-state index is -0.287. The van der Waals surface area contributed by atoms with E-state index >= 15 is 0 Å². The van der Waals surface area contributed by atoms with Crippen LogP contribution in [0, 0.1) is 5.92 Å². The number of amides is 3. The molecule has 0 aliphatic carbocycles. The minimum absolute atomic E-state index is 0.110. The first-order valence-electron chi connectivity index (χ1n) is 10.4. The quantitative estimate of drug-likeness (QED) is 0.238. The van der Waals surface area contributed by atoms with Crippen molar-refractivity contribution in [2.75, 3.05) is 73.6 Å². The van der Waals surface area contributed by atoms with E-state index in [0.29, 0.717) is 59.2 Å². The Hall–Kier alpha value is -1.59. The van der Waals surface area contributed by atoms with Crippen LogP contribution in [0.25, 0.3) is 0 Å². The maximum absolute atomic E-state index is 11.9. The molecule has 1 fully saturated rings. The predicted molar refractivity (Wildman–Crippen MR) is 108 cm³/mol.